The van der Waals surface area contributed by atoms with E-state index in [0.29, 0.717) is 28.5 Å². The number of ether oxygens (including phenoxy) is 1. The van der Waals surface area contributed by atoms with Gasteiger partial charge in [-0.05, 0) is 48.9 Å². The Labute approximate surface area is 149 Å². The first-order valence-electron chi connectivity index (χ1n) is 7.78. The van der Waals surface area contributed by atoms with Crippen molar-refractivity contribution in [3.05, 3.63) is 70.3 Å². The van der Waals surface area contributed by atoms with Crippen LogP contribution in [0.25, 0.3) is 5.76 Å². The Morgan fingerprint density at radius 3 is 2.36 bits per heavy atom. The van der Waals surface area contributed by atoms with Gasteiger partial charge in [0.25, 0.3) is 11.7 Å². The lowest BCUT2D eigenvalue weighted by atomic mass is 9.96. The molecule has 2 aromatic rings. The van der Waals surface area contributed by atoms with Gasteiger partial charge in [-0.1, -0.05) is 23.7 Å². The van der Waals surface area contributed by atoms with Crippen molar-refractivity contribution in [3.8, 4) is 5.75 Å². The molecule has 0 aliphatic carbocycles. The van der Waals surface area contributed by atoms with Crippen LogP contribution in [-0.4, -0.2) is 23.4 Å². The molecule has 0 spiro atoms. The number of Topliss-reactive ketones (excluding diaryl/α,β-unsaturated/α-hetero) is 1. The molecule has 1 saturated heterocycles. The van der Waals surface area contributed by atoms with Gasteiger partial charge in [-0.25, -0.2) is 0 Å². The molecular formula is C19H16ClNO4. The van der Waals surface area contributed by atoms with Crippen molar-refractivity contribution in [3.63, 3.8) is 0 Å². The number of hydrogen-bond acceptors (Lipinski definition) is 4. The molecule has 1 aliphatic rings. The SMILES string of the molecule is CCOc1ccc(C(O)=C2C(=O)C(=O)N[C@@H]2c2ccc(Cl)cc2)cc1. The van der Waals surface area contributed by atoms with Gasteiger partial charge in [0.1, 0.15) is 11.5 Å². The van der Waals surface area contributed by atoms with Crippen molar-refractivity contribution in [2.45, 2.75) is 13.0 Å². The standard InChI is InChI=1S/C19H16ClNO4/c1-2-25-14-9-5-12(6-10-14)17(22)15-16(21-19(24)18(15)23)11-3-7-13(20)8-4-11/h3-10,16,22H,2H2,1H3,(H,21,24)/t16-/m1/s1. The molecule has 128 valence electrons. The molecule has 1 heterocycles. The minimum absolute atomic E-state index is 0.0245. The highest BCUT2D eigenvalue weighted by Crippen LogP contribution is 2.33. The Morgan fingerprint density at radius 2 is 1.76 bits per heavy atom. The molecule has 2 aromatic carbocycles. The molecular weight excluding hydrogens is 342 g/mol. The van der Waals surface area contributed by atoms with E-state index in [-0.39, 0.29) is 11.3 Å². The molecule has 5 nitrogen and oxygen atoms in total. The van der Waals surface area contributed by atoms with Crippen LogP contribution in [-0.2, 0) is 9.59 Å². The average molecular weight is 358 g/mol. The predicted octanol–water partition coefficient (Wildman–Crippen LogP) is 3.45. The third kappa shape index (κ3) is 3.37. The van der Waals surface area contributed by atoms with E-state index in [9.17, 15) is 14.7 Å². The van der Waals surface area contributed by atoms with E-state index >= 15 is 0 Å². The number of carbonyl (C=O) groups excluding carboxylic acids is 2. The van der Waals surface area contributed by atoms with Gasteiger partial charge in [-0.2, -0.15) is 0 Å². The highest BCUT2D eigenvalue weighted by atomic mass is 35.5. The average Bonchev–Trinajstić information content (AvgIpc) is 2.91. The number of aliphatic hydroxyl groups is 1. The minimum atomic E-state index is -0.744. The van der Waals surface area contributed by atoms with Crippen LogP contribution in [0.5, 0.6) is 5.75 Å². The molecule has 0 aromatic heterocycles. The van der Waals surface area contributed by atoms with E-state index in [1.807, 2.05) is 6.92 Å². The predicted molar refractivity (Wildman–Crippen MR) is 94.5 cm³/mol. The third-order valence-electron chi connectivity index (χ3n) is 3.91. The zero-order valence-corrected chi connectivity index (χ0v) is 14.2. The number of amides is 1. The van der Waals surface area contributed by atoms with Crippen LogP contribution in [0.3, 0.4) is 0 Å². The Bertz CT molecular complexity index is 841. The summed E-state index contributed by atoms with van der Waals surface area (Å²) in [5, 5.41) is 13.8. The number of ketones is 1. The summed E-state index contributed by atoms with van der Waals surface area (Å²) in [5.41, 5.74) is 1.12. The van der Waals surface area contributed by atoms with Crippen molar-refractivity contribution in [1.29, 1.82) is 0 Å². The molecule has 1 amide bonds. The molecule has 2 N–H and O–H groups in total. The van der Waals surface area contributed by atoms with Gasteiger partial charge < -0.3 is 15.2 Å². The monoisotopic (exact) mass is 357 g/mol. The van der Waals surface area contributed by atoms with E-state index in [1.54, 1.807) is 48.5 Å². The lowest BCUT2D eigenvalue weighted by molar-refractivity contribution is -0.133. The van der Waals surface area contributed by atoms with Crippen LogP contribution in [0.2, 0.25) is 5.02 Å². The molecule has 1 fully saturated rings. The highest BCUT2D eigenvalue weighted by molar-refractivity contribution is 6.46. The fourth-order valence-electron chi connectivity index (χ4n) is 2.70. The quantitative estimate of drug-likeness (QED) is 0.499. The van der Waals surface area contributed by atoms with E-state index < -0.39 is 17.7 Å². The summed E-state index contributed by atoms with van der Waals surface area (Å²) < 4.78 is 5.36. The first-order valence-corrected chi connectivity index (χ1v) is 8.16. The minimum Gasteiger partial charge on any atom is -0.507 e. The van der Waals surface area contributed by atoms with Gasteiger partial charge in [-0.3, -0.25) is 9.59 Å². The Kier molecular flexibility index (Phi) is 4.76. The van der Waals surface area contributed by atoms with Crippen LogP contribution in [0.1, 0.15) is 24.1 Å². The van der Waals surface area contributed by atoms with E-state index in [4.69, 9.17) is 16.3 Å². The van der Waals surface area contributed by atoms with Gasteiger partial charge in [0.2, 0.25) is 0 Å². The van der Waals surface area contributed by atoms with Gasteiger partial charge in [0.05, 0.1) is 18.2 Å². The van der Waals surface area contributed by atoms with E-state index in [2.05, 4.69) is 5.32 Å². The van der Waals surface area contributed by atoms with Crippen molar-refractivity contribution in [1.82, 2.24) is 5.32 Å². The molecule has 1 atom stereocenters. The number of rotatable bonds is 4. The maximum atomic E-state index is 12.3. The normalized spacial score (nSPS) is 18.9. The smallest absolute Gasteiger partial charge is 0.293 e. The Balaban J connectivity index is 2.02. The van der Waals surface area contributed by atoms with Crippen LogP contribution in [0.15, 0.2) is 54.1 Å². The number of benzene rings is 2. The number of halogens is 1. The van der Waals surface area contributed by atoms with Gasteiger partial charge in [-0.15, -0.1) is 0 Å². The largest absolute Gasteiger partial charge is 0.507 e. The summed E-state index contributed by atoms with van der Waals surface area (Å²) in [6.07, 6.45) is 0. The topological polar surface area (TPSA) is 75.6 Å². The zero-order valence-electron chi connectivity index (χ0n) is 13.5. The Hall–Kier alpha value is -2.79. The van der Waals surface area contributed by atoms with Gasteiger partial charge in [0, 0.05) is 10.6 Å². The first-order chi connectivity index (χ1) is 12.0. The molecule has 0 bridgehead atoms. The summed E-state index contributed by atoms with van der Waals surface area (Å²) in [6, 6.07) is 12.7. The first kappa shape index (κ1) is 17.0. The van der Waals surface area contributed by atoms with E-state index in [1.165, 1.54) is 0 Å². The van der Waals surface area contributed by atoms with Gasteiger partial charge in [0.15, 0.2) is 0 Å². The second-order valence-corrected chi connectivity index (χ2v) is 5.94. The van der Waals surface area contributed by atoms with Crippen LogP contribution >= 0.6 is 11.6 Å². The summed E-state index contributed by atoms with van der Waals surface area (Å²) in [4.78, 5) is 24.1. The summed E-state index contributed by atoms with van der Waals surface area (Å²) in [7, 11) is 0. The number of nitrogens with one attached hydrogen (secondary N) is 1. The molecule has 3 rings (SSSR count). The fourth-order valence-corrected chi connectivity index (χ4v) is 2.83. The zero-order chi connectivity index (χ0) is 18.0. The second-order valence-electron chi connectivity index (χ2n) is 5.51. The number of carbonyl (C=O) groups is 2. The Morgan fingerprint density at radius 1 is 1.12 bits per heavy atom. The van der Waals surface area contributed by atoms with Crippen LogP contribution < -0.4 is 10.1 Å². The van der Waals surface area contributed by atoms with E-state index in [0.717, 1.165) is 0 Å². The van der Waals surface area contributed by atoms with Crippen LogP contribution in [0.4, 0.5) is 0 Å². The molecule has 1 aliphatic heterocycles. The summed E-state index contributed by atoms with van der Waals surface area (Å²) >= 11 is 5.88. The van der Waals surface area contributed by atoms with Crippen molar-refractivity contribution in [2.24, 2.45) is 0 Å². The molecule has 0 radical (unpaired) electrons. The van der Waals surface area contributed by atoms with Crippen molar-refractivity contribution >= 4 is 29.1 Å². The molecule has 0 unspecified atom stereocenters. The lowest BCUT2D eigenvalue weighted by Gasteiger charge is -2.14. The molecule has 0 saturated carbocycles. The van der Waals surface area contributed by atoms with Crippen molar-refractivity contribution in [2.75, 3.05) is 6.61 Å². The third-order valence-corrected chi connectivity index (χ3v) is 4.16. The summed E-state index contributed by atoms with van der Waals surface area (Å²) in [5.74, 6) is -1.06. The maximum Gasteiger partial charge on any atom is 0.293 e. The maximum absolute atomic E-state index is 12.3. The van der Waals surface area contributed by atoms with Crippen molar-refractivity contribution < 1.29 is 19.4 Å². The number of aliphatic hydroxyl groups excluding tert-OH is 1. The fraction of sp³-hybridized carbons (Fsp3) is 0.158. The van der Waals surface area contributed by atoms with Gasteiger partial charge >= 0.3 is 0 Å². The highest BCUT2D eigenvalue weighted by Gasteiger charge is 2.39. The second kappa shape index (κ2) is 6.99. The van der Waals surface area contributed by atoms with Crippen LogP contribution in [0, 0.1) is 0 Å². The molecule has 6 heteroatoms. The lowest BCUT2D eigenvalue weighted by Crippen LogP contribution is -2.21. The molecule has 25 heavy (non-hydrogen) atoms. The number of hydrogen-bond donors (Lipinski definition) is 2. The summed E-state index contributed by atoms with van der Waals surface area (Å²) in [6.45, 7) is 2.40.